The molecule has 0 aromatic heterocycles. The Morgan fingerprint density at radius 1 is 1.47 bits per heavy atom. The quantitative estimate of drug-likeness (QED) is 0.781. The fourth-order valence-corrected chi connectivity index (χ4v) is 1.21. The molecule has 108 valence electrons. The molecule has 1 aromatic rings. The predicted molar refractivity (Wildman–Crippen MR) is 70.3 cm³/mol. The third-order valence-corrected chi connectivity index (χ3v) is 2.35. The van der Waals surface area contributed by atoms with Gasteiger partial charge in [-0.15, -0.1) is 12.4 Å². The van der Waals surface area contributed by atoms with Gasteiger partial charge in [0.25, 0.3) is 0 Å². The van der Waals surface area contributed by atoms with Crippen LogP contribution in [0.5, 0.6) is 5.75 Å². The zero-order valence-corrected chi connectivity index (χ0v) is 11.3. The van der Waals surface area contributed by atoms with Crippen LogP contribution in [0.1, 0.15) is 6.92 Å². The van der Waals surface area contributed by atoms with Crippen molar-refractivity contribution in [2.24, 2.45) is 11.7 Å². The lowest BCUT2D eigenvalue weighted by Crippen LogP contribution is -2.35. The third-order valence-electron chi connectivity index (χ3n) is 2.35. The van der Waals surface area contributed by atoms with E-state index in [4.69, 9.17) is 10.5 Å². The fourth-order valence-electron chi connectivity index (χ4n) is 1.21. The molecule has 0 heterocycles. The molecule has 0 aliphatic carbocycles. The number of nitrogens with one attached hydrogen (secondary N) is 1. The summed E-state index contributed by atoms with van der Waals surface area (Å²) in [6.45, 7) is 2.31. The predicted octanol–water partition coefficient (Wildman–Crippen LogP) is 1.48. The number of rotatable bonds is 6. The van der Waals surface area contributed by atoms with Crippen LogP contribution < -0.4 is 15.8 Å². The van der Waals surface area contributed by atoms with Gasteiger partial charge in [0.1, 0.15) is 12.4 Å². The number of ether oxygens (including phenoxy) is 1. The van der Waals surface area contributed by atoms with E-state index in [2.05, 4.69) is 5.32 Å². The van der Waals surface area contributed by atoms with E-state index in [1.165, 1.54) is 6.07 Å². The minimum Gasteiger partial charge on any atom is -0.489 e. The van der Waals surface area contributed by atoms with E-state index in [1.807, 2.05) is 0 Å². The van der Waals surface area contributed by atoms with Gasteiger partial charge in [-0.1, -0.05) is 6.92 Å². The summed E-state index contributed by atoms with van der Waals surface area (Å²) >= 11 is 0. The van der Waals surface area contributed by atoms with E-state index in [0.717, 1.165) is 12.1 Å². The lowest BCUT2D eigenvalue weighted by molar-refractivity contribution is -0.124. The molecule has 7 heteroatoms. The van der Waals surface area contributed by atoms with E-state index in [-0.39, 0.29) is 49.7 Å². The molecule has 0 saturated heterocycles. The topological polar surface area (TPSA) is 64.4 Å². The Morgan fingerprint density at radius 3 is 2.74 bits per heavy atom. The molecule has 0 bridgehead atoms. The molecule has 0 saturated carbocycles. The number of hydrogen-bond acceptors (Lipinski definition) is 3. The van der Waals surface area contributed by atoms with Crippen molar-refractivity contribution in [3.05, 3.63) is 29.8 Å². The summed E-state index contributed by atoms with van der Waals surface area (Å²) in [5.41, 5.74) is 5.33. The Bertz CT molecular complexity index is 419. The number of carbonyl (C=O) groups excluding carboxylic acids is 1. The van der Waals surface area contributed by atoms with Gasteiger partial charge in [0.05, 0.1) is 6.54 Å². The average molecular weight is 295 g/mol. The Labute approximate surface area is 116 Å². The first-order chi connectivity index (χ1) is 8.54. The molecule has 0 aliphatic heterocycles. The molecule has 1 rings (SSSR count). The number of benzene rings is 1. The monoisotopic (exact) mass is 294 g/mol. The summed E-state index contributed by atoms with van der Waals surface area (Å²) in [7, 11) is 0. The smallest absolute Gasteiger partial charge is 0.224 e. The summed E-state index contributed by atoms with van der Waals surface area (Å²) < 4.78 is 30.8. The zero-order chi connectivity index (χ0) is 13.5. The van der Waals surface area contributed by atoms with Crippen LogP contribution in [-0.2, 0) is 4.79 Å². The van der Waals surface area contributed by atoms with Crippen molar-refractivity contribution in [1.29, 1.82) is 0 Å². The Balaban J connectivity index is 0.00000324. The minimum atomic E-state index is -0.767. The molecule has 3 N–H and O–H groups in total. The molecule has 1 aromatic carbocycles. The van der Waals surface area contributed by atoms with E-state index in [0.29, 0.717) is 0 Å². The second-order valence-electron chi connectivity index (χ2n) is 3.85. The van der Waals surface area contributed by atoms with Crippen LogP contribution in [0, 0.1) is 17.6 Å². The van der Waals surface area contributed by atoms with Crippen LogP contribution in [0.4, 0.5) is 8.78 Å². The molecular weight excluding hydrogens is 278 g/mol. The van der Waals surface area contributed by atoms with Crippen molar-refractivity contribution in [2.45, 2.75) is 6.92 Å². The van der Waals surface area contributed by atoms with Gasteiger partial charge in [-0.2, -0.15) is 0 Å². The van der Waals surface area contributed by atoms with Gasteiger partial charge in [-0.05, 0) is 12.1 Å². The molecular formula is C12H17ClF2N2O2. The maximum Gasteiger partial charge on any atom is 0.224 e. The standard InChI is InChI=1S/C12H16F2N2O2.ClH/c1-8(7-15)12(17)16-4-5-18-11-3-2-9(13)6-10(11)14;/h2-3,6,8H,4-5,7,15H2,1H3,(H,16,17);1H. The highest BCUT2D eigenvalue weighted by molar-refractivity contribution is 5.85. The van der Waals surface area contributed by atoms with Crippen LogP contribution in [0.2, 0.25) is 0 Å². The molecule has 1 unspecified atom stereocenters. The van der Waals surface area contributed by atoms with Crippen LogP contribution >= 0.6 is 12.4 Å². The third kappa shape index (κ3) is 5.85. The summed E-state index contributed by atoms with van der Waals surface area (Å²) in [6.07, 6.45) is 0. The van der Waals surface area contributed by atoms with Crippen molar-refractivity contribution < 1.29 is 18.3 Å². The molecule has 4 nitrogen and oxygen atoms in total. The van der Waals surface area contributed by atoms with Gasteiger partial charge in [0.2, 0.25) is 5.91 Å². The molecule has 0 spiro atoms. The lowest BCUT2D eigenvalue weighted by Gasteiger charge is -2.11. The highest BCUT2D eigenvalue weighted by atomic mass is 35.5. The van der Waals surface area contributed by atoms with E-state index < -0.39 is 11.6 Å². The maximum atomic E-state index is 13.2. The second kappa shape index (κ2) is 8.66. The van der Waals surface area contributed by atoms with Crippen LogP contribution in [-0.4, -0.2) is 25.6 Å². The summed E-state index contributed by atoms with van der Waals surface area (Å²) in [5, 5.41) is 2.59. The zero-order valence-electron chi connectivity index (χ0n) is 10.5. The first kappa shape index (κ1) is 17.6. The Hall–Kier alpha value is -1.40. The van der Waals surface area contributed by atoms with Crippen LogP contribution in [0.25, 0.3) is 0 Å². The second-order valence-corrected chi connectivity index (χ2v) is 3.85. The Kier molecular flexibility index (Phi) is 8.02. The lowest BCUT2D eigenvalue weighted by atomic mass is 10.2. The van der Waals surface area contributed by atoms with Crippen molar-refractivity contribution in [3.63, 3.8) is 0 Å². The highest BCUT2D eigenvalue weighted by Crippen LogP contribution is 2.17. The minimum absolute atomic E-state index is 0. The first-order valence-corrected chi connectivity index (χ1v) is 5.60. The SMILES string of the molecule is CC(CN)C(=O)NCCOc1ccc(F)cc1F.Cl. The van der Waals surface area contributed by atoms with Crippen LogP contribution in [0.3, 0.4) is 0 Å². The van der Waals surface area contributed by atoms with Gasteiger partial charge < -0.3 is 15.8 Å². The van der Waals surface area contributed by atoms with Crippen molar-refractivity contribution in [3.8, 4) is 5.75 Å². The number of amides is 1. The highest BCUT2D eigenvalue weighted by Gasteiger charge is 2.10. The summed E-state index contributed by atoms with van der Waals surface area (Å²) in [5.74, 6) is -1.92. The van der Waals surface area contributed by atoms with Crippen molar-refractivity contribution >= 4 is 18.3 Å². The number of halogens is 3. The number of nitrogens with two attached hydrogens (primary N) is 1. The largest absolute Gasteiger partial charge is 0.489 e. The van der Waals surface area contributed by atoms with Crippen molar-refractivity contribution in [1.82, 2.24) is 5.32 Å². The molecule has 1 amide bonds. The first-order valence-electron chi connectivity index (χ1n) is 5.60. The van der Waals surface area contributed by atoms with Gasteiger partial charge in [0, 0.05) is 18.5 Å². The van der Waals surface area contributed by atoms with E-state index >= 15 is 0 Å². The van der Waals surface area contributed by atoms with Crippen molar-refractivity contribution in [2.75, 3.05) is 19.7 Å². The van der Waals surface area contributed by atoms with E-state index in [1.54, 1.807) is 6.92 Å². The molecule has 19 heavy (non-hydrogen) atoms. The van der Waals surface area contributed by atoms with Gasteiger partial charge in [-0.3, -0.25) is 4.79 Å². The molecule has 1 atom stereocenters. The number of carbonyl (C=O) groups is 1. The average Bonchev–Trinajstić information content (AvgIpc) is 2.35. The van der Waals surface area contributed by atoms with Gasteiger partial charge >= 0.3 is 0 Å². The van der Waals surface area contributed by atoms with Gasteiger partial charge in [-0.25, -0.2) is 8.78 Å². The van der Waals surface area contributed by atoms with Crippen LogP contribution in [0.15, 0.2) is 18.2 Å². The molecule has 0 radical (unpaired) electrons. The Morgan fingerprint density at radius 2 is 2.16 bits per heavy atom. The fraction of sp³-hybridized carbons (Fsp3) is 0.417. The van der Waals surface area contributed by atoms with Gasteiger partial charge in [0.15, 0.2) is 11.6 Å². The summed E-state index contributed by atoms with van der Waals surface area (Å²) in [4.78, 5) is 11.3. The number of hydrogen-bond donors (Lipinski definition) is 2. The normalized spacial score (nSPS) is 11.4. The molecule has 0 fully saturated rings. The summed E-state index contributed by atoms with van der Waals surface area (Å²) in [6, 6.07) is 3.05. The van der Waals surface area contributed by atoms with E-state index in [9.17, 15) is 13.6 Å². The molecule has 0 aliphatic rings. The maximum absolute atomic E-state index is 13.2.